The second kappa shape index (κ2) is 16.3. The van der Waals surface area contributed by atoms with E-state index >= 15 is 0 Å². The van der Waals surface area contributed by atoms with Gasteiger partial charge in [0, 0.05) is 30.9 Å². The number of benzene rings is 2. The normalized spacial score (nSPS) is 15.1. The van der Waals surface area contributed by atoms with E-state index in [4.69, 9.17) is 5.11 Å². The number of aryl methyl sites for hydroxylation is 1. The van der Waals surface area contributed by atoms with Crippen molar-refractivity contribution < 1.29 is 29.1 Å². The van der Waals surface area contributed by atoms with E-state index in [-0.39, 0.29) is 43.5 Å². The number of hydrogen-bond donors (Lipinski definition) is 5. The maximum absolute atomic E-state index is 13.3. The van der Waals surface area contributed by atoms with Gasteiger partial charge in [-0.15, -0.1) is 0 Å². The highest BCUT2D eigenvalue weighted by atomic mass is 16.4. The number of para-hydroxylation sites is 1. The molecule has 1 aliphatic rings. The van der Waals surface area contributed by atoms with Crippen molar-refractivity contribution in [3.63, 3.8) is 0 Å². The number of aliphatic carboxylic acids is 1. The molecule has 2 aromatic rings. The van der Waals surface area contributed by atoms with E-state index in [1.807, 2.05) is 45.0 Å². The monoisotopic (exact) mass is 593 g/mol. The third-order valence-electron chi connectivity index (χ3n) is 7.37. The molecule has 3 rings (SSSR count). The predicted octanol–water partition coefficient (Wildman–Crippen LogP) is 4.07. The first-order valence-electron chi connectivity index (χ1n) is 14.9. The average Bonchev–Trinajstić information content (AvgIpc) is 3.45. The first-order chi connectivity index (χ1) is 20.5. The fraction of sp³-hybridized carbons (Fsp3) is 0.469. The van der Waals surface area contributed by atoms with E-state index in [0.29, 0.717) is 43.2 Å². The molecule has 2 aromatic carbocycles. The molecule has 0 spiro atoms. The number of carboxylic acid groups (broad SMARTS) is 1. The average molecular weight is 594 g/mol. The number of carbonyl (C=O) groups excluding carboxylic acids is 4. The summed E-state index contributed by atoms with van der Waals surface area (Å²) in [5, 5.41) is 20.2. The maximum atomic E-state index is 13.3. The van der Waals surface area contributed by atoms with Gasteiger partial charge in [0.15, 0.2) is 0 Å². The molecule has 2 unspecified atom stereocenters. The molecular formula is C32H43N5O6. The highest BCUT2D eigenvalue weighted by Gasteiger charge is 2.35. The van der Waals surface area contributed by atoms with Crippen molar-refractivity contribution in [3.8, 4) is 0 Å². The smallest absolute Gasteiger partial charge is 0.323 e. The molecule has 232 valence electrons. The molecule has 2 atom stereocenters. The van der Waals surface area contributed by atoms with Crippen LogP contribution < -0.4 is 21.3 Å². The van der Waals surface area contributed by atoms with Crippen LogP contribution in [-0.2, 0) is 25.6 Å². The quantitative estimate of drug-likeness (QED) is 0.222. The Bertz CT molecular complexity index is 1280. The summed E-state index contributed by atoms with van der Waals surface area (Å²) in [4.78, 5) is 64.2. The topological polar surface area (TPSA) is 157 Å². The highest BCUT2D eigenvalue weighted by molar-refractivity contribution is 6.00. The number of anilines is 2. The number of carboxylic acids is 1. The summed E-state index contributed by atoms with van der Waals surface area (Å²) in [6.45, 7) is 6.88. The molecule has 0 bridgehead atoms. The standard InChI is InChI=1S/C32H43N5O6/c1-21(2)17-18-33-30(41)26(10-6-12-29(39)40)35-31(42)27-11-7-19-37(27)28(38)20-23-13-15-24(16-14-23)34-32(43)36-25-9-5-4-8-22(25)3/h4-5,8-9,13-16,21,26-27H,6-7,10-12,17-20H2,1-3H3,(H,33,41)(H,35,42)(H,39,40)(H2,34,36,43). The van der Waals surface area contributed by atoms with Crippen molar-refractivity contribution >= 4 is 41.1 Å². The summed E-state index contributed by atoms with van der Waals surface area (Å²) in [6, 6.07) is 12.4. The fourth-order valence-electron chi connectivity index (χ4n) is 4.92. The molecule has 1 saturated heterocycles. The van der Waals surface area contributed by atoms with Crippen molar-refractivity contribution in [3.05, 3.63) is 59.7 Å². The van der Waals surface area contributed by atoms with Crippen LogP contribution >= 0.6 is 0 Å². The Morgan fingerprint density at radius 3 is 2.37 bits per heavy atom. The summed E-state index contributed by atoms with van der Waals surface area (Å²) in [5.74, 6) is -1.54. The Balaban J connectivity index is 1.56. The van der Waals surface area contributed by atoms with Gasteiger partial charge in [-0.1, -0.05) is 44.2 Å². The number of hydrogen-bond acceptors (Lipinski definition) is 5. The molecule has 0 saturated carbocycles. The molecule has 11 nitrogen and oxygen atoms in total. The van der Waals surface area contributed by atoms with Gasteiger partial charge in [-0.25, -0.2) is 4.79 Å². The van der Waals surface area contributed by atoms with Gasteiger partial charge in [-0.3, -0.25) is 19.2 Å². The lowest BCUT2D eigenvalue weighted by atomic mass is 10.1. The first-order valence-corrected chi connectivity index (χ1v) is 14.9. The van der Waals surface area contributed by atoms with Gasteiger partial charge < -0.3 is 31.3 Å². The van der Waals surface area contributed by atoms with E-state index in [0.717, 1.165) is 17.5 Å². The van der Waals surface area contributed by atoms with Crippen molar-refractivity contribution in [2.75, 3.05) is 23.7 Å². The Labute approximate surface area is 252 Å². The molecule has 1 aliphatic heterocycles. The second-order valence-corrected chi connectivity index (χ2v) is 11.3. The minimum atomic E-state index is -0.966. The molecular weight excluding hydrogens is 550 g/mol. The number of likely N-dealkylation sites (tertiary alicyclic amines) is 1. The number of nitrogens with one attached hydrogen (secondary N) is 4. The zero-order chi connectivity index (χ0) is 31.4. The Morgan fingerprint density at radius 1 is 0.977 bits per heavy atom. The van der Waals surface area contributed by atoms with Crippen LogP contribution in [0.5, 0.6) is 0 Å². The number of urea groups is 1. The van der Waals surface area contributed by atoms with Gasteiger partial charge in [0.1, 0.15) is 12.1 Å². The zero-order valence-electron chi connectivity index (χ0n) is 25.2. The molecule has 5 amide bonds. The van der Waals surface area contributed by atoms with Crippen LogP contribution in [0.15, 0.2) is 48.5 Å². The van der Waals surface area contributed by atoms with Crippen molar-refractivity contribution in [1.82, 2.24) is 15.5 Å². The summed E-state index contributed by atoms with van der Waals surface area (Å²) in [6.07, 6.45) is 2.33. The molecule has 11 heteroatoms. The fourth-order valence-corrected chi connectivity index (χ4v) is 4.92. The summed E-state index contributed by atoms with van der Waals surface area (Å²) < 4.78 is 0. The van der Waals surface area contributed by atoms with Crippen LogP contribution in [0.3, 0.4) is 0 Å². The number of carbonyl (C=O) groups is 5. The maximum Gasteiger partial charge on any atom is 0.323 e. The van der Waals surface area contributed by atoms with Gasteiger partial charge in [-0.2, -0.15) is 0 Å². The first kappa shape index (κ1) is 33.1. The van der Waals surface area contributed by atoms with Crippen LogP contribution in [0.4, 0.5) is 16.2 Å². The highest BCUT2D eigenvalue weighted by Crippen LogP contribution is 2.21. The third kappa shape index (κ3) is 10.7. The predicted molar refractivity (Wildman–Crippen MR) is 165 cm³/mol. The Hall–Kier alpha value is -4.41. The second-order valence-electron chi connectivity index (χ2n) is 11.3. The summed E-state index contributed by atoms with van der Waals surface area (Å²) >= 11 is 0. The van der Waals surface area contributed by atoms with E-state index in [9.17, 15) is 24.0 Å². The SMILES string of the molecule is Cc1ccccc1NC(=O)Nc1ccc(CC(=O)N2CCCC2C(=O)NC(CCCC(=O)O)C(=O)NCCC(C)C)cc1. The summed E-state index contributed by atoms with van der Waals surface area (Å²) in [5.41, 5.74) is 2.96. The minimum absolute atomic E-state index is 0.0806. The van der Waals surface area contributed by atoms with Gasteiger partial charge in [0.05, 0.1) is 6.42 Å². The van der Waals surface area contributed by atoms with Crippen LogP contribution in [0.25, 0.3) is 0 Å². The van der Waals surface area contributed by atoms with Gasteiger partial charge in [-0.05, 0) is 74.3 Å². The Morgan fingerprint density at radius 2 is 1.70 bits per heavy atom. The molecule has 5 N–H and O–H groups in total. The van der Waals surface area contributed by atoms with Crippen LogP contribution in [0, 0.1) is 12.8 Å². The van der Waals surface area contributed by atoms with Crippen molar-refractivity contribution in [2.24, 2.45) is 5.92 Å². The van der Waals surface area contributed by atoms with E-state index in [1.165, 1.54) is 0 Å². The van der Waals surface area contributed by atoms with Crippen LogP contribution in [0.1, 0.15) is 63.5 Å². The van der Waals surface area contributed by atoms with Crippen molar-refractivity contribution in [1.29, 1.82) is 0 Å². The van der Waals surface area contributed by atoms with E-state index < -0.39 is 24.0 Å². The van der Waals surface area contributed by atoms with E-state index in [2.05, 4.69) is 21.3 Å². The minimum Gasteiger partial charge on any atom is -0.481 e. The lowest BCUT2D eigenvalue weighted by Gasteiger charge is -2.26. The zero-order valence-corrected chi connectivity index (χ0v) is 25.2. The molecule has 1 heterocycles. The lowest BCUT2D eigenvalue weighted by Crippen LogP contribution is -2.53. The van der Waals surface area contributed by atoms with Gasteiger partial charge in [0.25, 0.3) is 0 Å². The van der Waals surface area contributed by atoms with Crippen molar-refractivity contribution in [2.45, 2.75) is 77.8 Å². The van der Waals surface area contributed by atoms with Crippen LogP contribution in [-0.4, -0.2) is 64.9 Å². The molecule has 0 aliphatic carbocycles. The summed E-state index contributed by atoms with van der Waals surface area (Å²) in [7, 11) is 0. The third-order valence-corrected chi connectivity index (χ3v) is 7.37. The molecule has 0 radical (unpaired) electrons. The molecule has 43 heavy (non-hydrogen) atoms. The largest absolute Gasteiger partial charge is 0.481 e. The van der Waals surface area contributed by atoms with Gasteiger partial charge >= 0.3 is 12.0 Å². The molecule has 1 fully saturated rings. The lowest BCUT2D eigenvalue weighted by molar-refractivity contribution is -0.139. The van der Waals surface area contributed by atoms with Gasteiger partial charge in [0.2, 0.25) is 17.7 Å². The number of nitrogens with zero attached hydrogens (tertiary/aromatic N) is 1. The number of rotatable bonds is 14. The molecule has 0 aromatic heterocycles. The van der Waals surface area contributed by atoms with Crippen LogP contribution in [0.2, 0.25) is 0 Å². The number of amides is 5. The Kier molecular flexibility index (Phi) is 12.5. The van der Waals surface area contributed by atoms with E-state index in [1.54, 1.807) is 29.2 Å².